The highest BCUT2D eigenvalue weighted by Crippen LogP contribution is 2.26. The first kappa shape index (κ1) is 15.7. The highest BCUT2D eigenvalue weighted by Gasteiger charge is 2.08. The summed E-state index contributed by atoms with van der Waals surface area (Å²) in [6.07, 6.45) is 1.90. The van der Waals surface area contributed by atoms with Crippen molar-refractivity contribution in [2.24, 2.45) is 5.92 Å². The number of aromatic nitrogens is 1. The van der Waals surface area contributed by atoms with Gasteiger partial charge in [0, 0.05) is 25.2 Å². The summed E-state index contributed by atoms with van der Waals surface area (Å²) in [5.41, 5.74) is 1.20. The highest BCUT2D eigenvalue weighted by atomic mass is 16.5. The van der Waals surface area contributed by atoms with Crippen molar-refractivity contribution in [2.75, 3.05) is 26.9 Å². The van der Waals surface area contributed by atoms with Crippen molar-refractivity contribution in [2.45, 2.75) is 20.4 Å². The summed E-state index contributed by atoms with van der Waals surface area (Å²) in [7, 11) is 1.67. The molecule has 1 N–H and O–H groups in total. The number of rotatable bonds is 8. The predicted molar refractivity (Wildman–Crippen MR) is 85.7 cm³/mol. The molecule has 0 radical (unpaired) electrons. The van der Waals surface area contributed by atoms with Crippen LogP contribution in [0.25, 0.3) is 10.8 Å². The third kappa shape index (κ3) is 4.41. The van der Waals surface area contributed by atoms with Gasteiger partial charge in [0.1, 0.15) is 6.61 Å². The van der Waals surface area contributed by atoms with Gasteiger partial charge < -0.3 is 14.8 Å². The lowest BCUT2D eigenvalue weighted by Gasteiger charge is -2.12. The van der Waals surface area contributed by atoms with E-state index in [0.717, 1.165) is 18.5 Å². The quantitative estimate of drug-likeness (QED) is 0.758. The Morgan fingerprint density at radius 3 is 2.62 bits per heavy atom. The normalized spacial score (nSPS) is 11.2. The molecule has 2 rings (SSSR count). The molecule has 21 heavy (non-hydrogen) atoms. The Kier molecular flexibility index (Phi) is 5.96. The van der Waals surface area contributed by atoms with Crippen LogP contribution < -0.4 is 10.1 Å². The molecule has 0 aliphatic carbocycles. The zero-order chi connectivity index (χ0) is 15.1. The van der Waals surface area contributed by atoms with Gasteiger partial charge in [-0.25, -0.2) is 4.98 Å². The Morgan fingerprint density at radius 1 is 1.14 bits per heavy atom. The predicted octanol–water partition coefficient (Wildman–Crippen LogP) is 3.01. The highest BCUT2D eigenvalue weighted by molar-refractivity contribution is 5.89. The fraction of sp³-hybridized carbons (Fsp3) is 0.471. The largest absolute Gasteiger partial charge is 0.475 e. The number of hydrogen-bond donors (Lipinski definition) is 1. The fourth-order valence-electron chi connectivity index (χ4n) is 2.20. The van der Waals surface area contributed by atoms with E-state index in [1.165, 1.54) is 10.9 Å². The Labute approximate surface area is 126 Å². The molecule has 0 aliphatic rings. The van der Waals surface area contributed by atoms with Crippen LogP contribution in [0.15, 0.2) is 30.5 Å². The number of benzene rings is 1. The molecule has 0 bridgehead atoms. The van der Waals surface area contributed by atoms with Crippen LogP contribution in [0, 0.1) is 5.92 Å². The maximum Gasteiger partial charge on any atom is 0.221 e. The zero-order valence-corrected chi connectivity index (χ0v) is 13.1. The van der Waals surface area contributed by atoms with E-state index in [1.54, 1.807) is 7.11 Å². The number of pyridine rings is 1. The molecule has 0 unspecified atom stereocenters. The first-order valence-corrected chi connectivity index (χ1v) is 7.41. The van der Waals surface area contributed by atoms with Crippen LogP contribution in [-0.2, 0) is 11.3 Å². The first-order valence-electron chi connectivity index (χ1n) is 7.41. The average molecular weight is 288 g/mol. The molecular weight excluding hydrogens is 264 g/mol. The van der Waals surface area contributed by atoms with Gasteiger partial charge in [-0.1, -0.05) is 32.0 Å². The molecule has 2 aromatic rings. The van der Waals surface area contributed by atoms with Crippen LogP contribution >= 0.6 is 0 Å². The molecule has 4 heteroatoms. The average Bonchev–Trinajstić information content (AvgIpc) is 2.49. The molecule has 0 atom stereocenters. The summed E-state index contributed by atoms with van der Waals surface area (Å²) in [6, 6.07) is 8.23. The minimum atomic E-state index is 0.512. The van der Waals surface area contributed by atoms with E-state index >= 15 is 0 Å². The fourth-order valence-corrected chi connectivity index (χ4v) is 2.20. The molecule has 1 aromatic heterocycles. The third-order valence-corrected chi connectivity index (χ3v) is 3.24. The van der Waals surface area contributed by atoms with Gasteiger partial charge in [-0.05, 0) is 29.5 Å². The van der Waals surface area contributed by atoms with Gasteiger partial charge in [-0.3, -0.25) is 0 Å². The lowest BCUT2D eigenvalue weighted by atomic mass is 10.1. The standard InChI is InChI=1S/C17H24N2O2/c1-13(2)10-18-11-14-12-19-17(21-9-8-20-3)16-7-5-4-6-15(14)16/h4-7,12-13,18H,8-11H2,1-3H3. The number of hydrogen-bond acceptors (Lipinski definition) is 4. The SMILES string of the molecule is COCCOc1ncc(CNCC(C)C)c2ccccc12. The van der Waals surface area contributed by atoms with E-state index in [9.17, 15) is 0 Å². The lowest BCUT2D eigenvalue weighted by molar-refractivity contribution is 0.144. The van der Waals surface area contributed by atoms with E-state index in [-0.39, 0.29) is 0 Å². The topological polar surface area (TPSA) is 43.4 Å². The summed E-state index contributed by atoms with van der Waals surface area (Å²) in [5.74, 6) is 1.32. The van der Waals surface area contributed by atoms with Crippen LogP contribution in [0.5, 0.6) is 5.88 Å². The van der Waals surface area contributed by atoms with Gasteiger partial charge >= 0.3 is 0 Å². The second-order valence-corrected chi connectivity index (χ2v) is 5.50. The van der Waals surface area contributed by atoms with Crippen LogP contribution in [0.2, 0.25) is 0 Å². The van der Waals surface area contributed by atoms with E-state index < -0.39 is 0 Å². The minimum Gasteiger partial charge on any atom is -0.475 e. The second-order valence-electron chi connectivity index (χ2n) is 5.50. The Hall–Kier alpha value is -1.65. The molecule has 114 valence electrons. The van der Waals surface area contributed by atoms with Crippen molar-refractivity contribution in [3.8, 4) is 5.88 Å². The van der Waals surface area contributed by atoms with Gasteiger partial charge in [0.25, 0.3) is 0 Å². The molecule has 1 aromatic carbocycles. The number of methoxy groups -OCH3 is 1. The maximum atomic E-state index is 5.70. The van der Waals surface area contributed by atoms with Gasteiger partial charge in [-0.2, -0.15) is 0 Å². The third-order valence-electron chi connectivity index (χ3n) is 3.24. The van der Waals surface area contributed by atoms with Gasteiger partial charge in [0.15, 0.2) is 0 Å². The zero-order valence-electron chi connectivity index (χ0n) is 13.1. The van der Waals surface area contributed by atoms with E-state index in [1.807, 2.05) is 18.3 Å². The van der Waals surface area contributed by atoms with Crippen molar-refractivity contribution in [3.05, 3.63) is 36.0 Å². The van der Waals surface area contributed by atoms with Crippen LogP contribution in [-0.4, -0.2) is 31.9 Å². The van der Waals surface area contributed by atoms with Crippen LogP contribution in [0.4, 0.5) is 0 Å². The number of fused-ring (bicyclic) bond motifs is 1. The first-order chi connectivity index (χ1) is 10.2. The van der Waals surface area contributed by atoms with Gasteiger partial charge in [-0.15, -0.1) is 0 Å². The molecule has 0 aliphatic heterocycles. The minimum absolute atomic E-state index is 0.512. The van der Waals surface area contributed by atoms with Gasteiger partial charge in [0.2, 0.25) is 5.88 Å². The van der Waals surface area contributed by atoms with Crippen molar-refractivity contribution >= 4 is 10.8 Å². The molecule has 1 heterocycles. The smallest absolute Gasteiger partial charge is 0.221 e. The van der Waals surface area contributed by atoms with Crippen molar-refractivity contribution < 1.29 is 9.47 Å². The summed E-state index contributed by atoms with van der Waals surface area (Å²) >= 11 is 0. The van der Waals surface area contributed by atoms with Crippen molar-refractivity contribution in [3.63, 3.8) is 0 Å². The molecular formula is C17H24N2O2. The molecule has 0 fully saturated rings. The molecule has 0 spiro atoms. The van der Waals surface area contributed by atoms with E-state index in [0.29, 0.717) is 25.0 Å². The Morgan fingerprint density at radius 2 is 1.90 bits per heavy atom. The molecule has 0 saturated heterocycles. The summed E-state index contributed by atoms with van der Waals surface area (Å²) in [6.45, 7) is 7.31. The second kappa shape index (κ2) is 7.96. The Balaban J connectivity index is 2.18. The molecule has 0 amide bonds. The van der Waals surface area contributed by atoms with Crippen LogP contribution in [0.1, 0.15) is 19.4 Å². The summed E-state index contributed by atoms with van der Waals surface area (Å²) in [5, 5.41) is 5.71. The molecule has 0 saturated carbocycles. The summed E-state index contributed by atoms with van der Waals surface area (Å²) in [4.78, 5) is 4.46. The number of nitrogens with zero attached hydrogens (tertiary/aromatic N) is 1. The van der Waals surface area contributed by atoms with E-state index in [2.05, 4.69) is 36.3 Å². The van der Waals surface area contributed by atoms with E-state index in [4.69, 9.17) is 9.47 Å². The number of nitrogens with one attached hydrogen (secondary N) is 1. The maximum absolute atomic E-state index is 5.70. The number of ether oxygens (including phenoxy) is 2. The van der Waals surface area contributed by atoms with Crippen LogP contribution in [0.3, 0.4) is 0 Å². The summed E-state index contributed by atoms with van der Waals surface area (Å²) < 4.78 is 10.7. The van der Waals surface area contributed by atoms with Gasteiger partial charge in [0.05, 0.1) is 6.61 Å². The van der Waals surface area contributed by atoms with Crippen molar-refractivity contribution in [1.82, 2.24) is 10.3 Å². The lowest BCUT2D eigenvalue weighted by Crippen LogP contribution is -2.19. The monoisotopic (exact) mass is 288 g/mol. The molecule has 4 nitrogen and oxygen atoms in total. The Bertz CT molecular complexity index is 570. The van der Waals surface area contributed by atoms with Crippen molar-refractivity contribution in [1.29, 1.82) is 0 Å².